The Morgan fingerprint density at radius 1 is 1.20 bits per heavy atom. The number of nitrogens with one attached hydrogen (secondary N) is 2. The summed E-state index contributed by atoms with van der Waals surface area (Å²) in [5.74, 6) is 0. The topological polar surface area (TPSA) is 40.7 Å². The number of hydrogen-bond donors (Lipinski definition) is 2. The first-order chi connectivity index (χ1) is 7.24. The monoisotopic (exact) mass is 201 g/mol. The van der Waals surface area contributed by atoms with E-state index in [1.54, 1.807) is 6.20 Å². The normalized spacial score (nSPS) is 10.3. The molecule has 0 aliphatic rings. The Bertz CT molecular complexity index is 412. The zero-order chi connectivity index (χ0) is 10.7. The van der Waals surface area contributed by atoms with Crippen molar-refractivity contribution in [2.45, 2.75) is 20.4 Å². The lowest BCUT2D eigenvalue weighted by Gasteiger charge is -2.06. The van der Waals surface area contributed by atoms with Gasteiger partial charge in [0.1, 0.15) is 0 Å². The predicted octanol–water partition coefficient (Wildman–Crippen LogP) is 2.64. The van der Waals surface area contributed by atoms with E-state index in [2.05, 4.69) is 47.6 Å². The van der Waals surface area contributed by atoms with Crippen LogP contribution in [0.15, 0.2) is 30.6 Å². The van der Waals surface area contributed by atoms with E-state index in [0.29, 0.717) is 0 Å². The molecule has 0 unspecified atom stereocenters. The van der Waals surface area contributed by atoms with Crippen LogP contribution < -0.4 is 5.32 Å². The van der Waals surface area contributed by atoms with Crippen molar-refractivity contribution in [3.8, 4) is 0 Å². The molecule has 0 fully saturated rings. The van der Waals surface area contributed by atoms with Crippen molar-refractivity contribution in [1.29, 1.82) is 0 Å². The van der Waals surface area contributed by atoms with Gasteiger partial charge in [-0.25, -0.2) is 0 Å². The van der Waals surface area contributed by atoms with Crippen LogP contribution in [0, 0.1) is 13.8 Å². The molecule has 0 saturated carbocycles. The van der Waals surface area contributed by atoms with E-state index in [0.717, 1.165) is 12.2 Å². The van der Waals surface area contributed by atoms with Crippen molar-refractivity contribution >= 4 is 5.69 Å². The third-order valence-electron chi connectivity index (χ3n) is 2.28. The van der Waals surface area contributed by atoms with E-state index in [9.17, 15) is 0 Å². The minimum absolute atomic E-state index is 0.835. The van der Waals surface area contributed by atoms with Crippen LogP contribution in [0.3, 0.4) is 0 Å². The highest BCUT2D eigenvalue weighted by Crippen LogP contribution is 2.11. The van der Waals surface area contributed by atoms with E-state index in [-0.39, 0.29) is 0 Å². The van der Waals surface area contributed by atoms with Gasteiger partial charge < -0.3 is 5.32 Å². The lowest BCUT2D eigenvalue weighted by molar-refractivity contribution is 1.09. The largest absolute Gasteiger partial charge is 0.378 e. The fraction of sp³-hybridized carbons (Fsp3) is 0.250. The molecule has 2 N–H and O–H groups in total. The van der Waals surface area contributed by atoms with Gasteiger partial charge in [-0.05, 0) is 19.4 Å². The molecule has 2 rings (SSSR count). The van der Waals surface area contributed by atoms with Crippen LogP contribution in [0.2, 0.25) is 0 Å². The van der Waals surface area contributed by atoms with Crippen molar-refractivity contribution < 1.29 is 0 Å². The number of rotatable bonds is 3. The summed E-state index contributed by atoms with van der Waals surface area (Å²) in [5, 5.41) is 9.96. The number of aryl methyl sites for hydroxylation is 2. The average molecular weight is 201 g/mol. The zero-order valence-electron chi connectivity index (χ0n) is 9.04. The molecule has 0 aliphatic carbocycles. The molecular weight excluding hydrogens is 186 g/mol. The maximum atomic E-state index is 3.88. The third kappa shape index (κ3) is 2.59. The fourth-order valence-electron chi connectivity index (χ4n) is 1.72. The molecule has 0 atom stereocenters. The number of benzene rings is 1. The van der Waals surface area contributed by atoms with E-state index in [1.165, 1.54) is 16.7 Å². The van der Waals surface area contributed by atoms with Gasteiger partial charge in [-0.15, -0.1) is 0 Å². The number of H-pyrrole nitrogens is 1. The predicted molar refractivity (Wildman–Crippen MR) is 61.8 cm³/mol. The first-order valence-electron chi connectivity index (χ1n) is 5.04. The average Bonchev–Trinajstić information content (AvgIpc) is 2.65. The molecule has 0 bridgehead atoms. The second-order valence-corrected chi connectivity index (χ2v) is 3.84. The summed E-state index contributed by atoms with van der Waals surface area (Å²) >= 11 is 0. The lowest BCUT2D eigenvalue weighted by Crippen LogP contribution is -1.99. The molecule has 78 valence electrons. The van der Waals surface area contributed by atoms with Crippen LogP contribution in [-0.2, 0) is 6.54 Å². The molecule has 0 spiro atoms. The highest BCUT2D eigenvalue weighted by atomic mass is 15.1. The van der Waals surface area contributed by atoms with Gasteiger partial charge in [0.2, 0.25) is 0 Å². The quantitative estimate of drug-likeness (QED) is 0.801. The summed E-state index contributed by atoms with van der Waals surface area (Å²) in [6.07, 6.45) is 3.63. The molecule has 15 heavy (non-hydrogen) atoms. The van der Waals surface area contributed by atoms with Crippen LogP contribution in [0.4, 0.5) is 5.69 Å². The van der Waals surface area contributed by atoms with Crippen LogP contribution in [-0.4, -0.2) is 10.2 Å². The fourth-order valence-corrected chi connectivity index (χ4v) is 1.72. The van der Waals surface area contributed by atoms with Gasteiger partial charge in [0.25, 0.3) is 0 Å². The SMILES string of the molecule is Cc1cc(C)cc(CNc2cn[nH]c2)c1. The second kappa shape index (κ2) is 4.17. The van der Waals surface area contributed by atoms with Gasteiger partial charge in [-0.3, -0.25) is 5.10 Å². The standard InChI is InChI=1S/C12H15N3/c1-9-3-10(2)5-11(4-9)6-13-12-7-14-15-8-12/h3-5,7-8,13H,6H2,1-2H3,(H,14,15). The zero-order valence-corrected chi connectivity index (χ0v) is 9.04. The van der Waals surface area contributed by atoms with Crippen LogP contribution >= 0.6 is 0 Å². The Morgan fingerprint density at radius 3 is 2.53 bits per heavy atom. The molecule has 0 saturated heterocycles. The van der Waals surface area contributed by atoms with E-state index in [4.69, 9.17) is 0 Å². The summed E-state index contributed by atoms with van der Waals surface area (Å²) in [4.78, 5) is 0. The maximum absolute atomic E-state index is 3.88. The van der Waals surface area contributed by atoms with Crippen LogP contribution in [0.1, 0.15) is 16.7 Å². The summed E-state index contributed by atoms with van der Waals surface area (Å²) in [6.45, 7) is 5.07. The van der Waals surface area contributed by atoms with Crippen molar-refractivity contribution in [2.75, 3.05) is 5.32 Å². The van der Waals surface area contributed by atoms with Crippen molar-refractivity contribution in [3.05, 3.63) is 47.3 Å². The molecule has 1 aromatic carbocycles. The molecule has 0 amide bonds. The molecule has 3 heteroatoms. The number of anilines is 1. The second-order valence-electron chi connectivity index (χ2n) is 3.84. The Balaban J connectivity index is 2.05. The summed E-state index contributed by atoms with van der Waals surface area (Å²) in [7, 11) is 0. The molecular formula is C12H15N3. The molecule has 1 aromatic heterocycles. The Labute approximate surface area is 89.5 Å². The number of hydrogen-bond acceptors (Lipinski definition) is 2. The van der Waals surface area contributed by atoms with Crippen molar-refractivity contribution in [1.82, 2.24) is 10.2 Å². The van der Waals surface area contributed by atoms with Crippen molar-refractivity contribution in [3.63, 3.8) is 0 Å². The Morgan fingerprint density at radius 2 is 1.93 bits per heavy atom. The van der Waals surface area contributed by atoms with Gasteiger partial charge in [-0.1, -0.05) is 29.3 Å². The van der Waals surface area contributed by atoms with Crippen LogP contribution in [0.25, 0.3) is 0 Å². The molecule has 1 heterocycles. The van der Waals surface area contributed by atoms with E-state index in [1.807, 2.05) is 6.20 Å². The first kappa shape index (κ1) is 9.77. The van der Waals surface area contributed by atoms with Crippen LogP contribution in [0.5, 0.6) is 0 Å². The summed E-state index contributed by atoms with van der Waals surface area (Å²) in [6, 6.07) is 6.57. The molecule has 0 aliphatic heterocycles. The minimum atomic E-state index is 0.835. The van der Waals surface area contributed by atoms with E-state index < -0.39 is 0 Å². The summed E-state index contributed by atoms with van der Waals surface area (Å²) in [5.41, 5.74) is 4.93. The number of aromatic nitrogens is 2. The van der Waals surface area contributed by atoms with Gasteiger partial charge >= 0.3 is 0 Å². The van der Waals surface area contributed by atoms with Gasteiger partial charge in [0.05, 0.1) is 11.9 Å². The van der Waals surface area contributed by atoms with Gasteiger partial charge in [-0.2, -0.15) is 5.10 Å². The first-order valence-corrected chi connectivity index (χ1v) is 5.04. The highest BCUT2D eigenvalue weighted by Gasteiger charge is 1.97. The highest BCUT2D eigenvalue weighted by molar-refractivity contribution is 5.39. The van der Waals surface area contributed by atoms with E-state index >= 15 is 0 Å². The molecule has 2 aromatic rings. The third-order valence-corrected chi connectivity index (χ3v) is 2.28. The number of aromatic amines is 1. The van der Waals surface area contributed by atoms with Crippen molar-refractivity contribution in [2.24, 2.45) is 0 Å². The molecule has 3 nitrogen and oxygen atoms in total. The minimum Gasteiger partial charge on any atom is -0.378 e. The number of nitrogens with zero attached hydrogens (tertiary/aromatic N) is 1. The Kier molecular flexibility index (Phi) is 2.72. The maximum Gasteiger partial charge on any atom is 0.0726 e. The van der Waals surface area contributed by atoms with Gasteiger partial charge in [0.15, 0.2) is 0 Å². The lowest BCUT2D eigenvalue weighted by atomic mass is 10.1. The molecule has 0 radical (unpaired) electrons. The summed E-state index contributed by atoms with van der Waals surface area (Å²) < 4.78 is 0. The Hall–Kier alpha value is -1.77. The smallest absolute Gasteiger partial charge is 0.0726 e. The van der Waals surface area contributed by atoms with Gasteiger partial charge in [0, 0.05) is 12.7 Å².